The van der Waals surface area contributed by atoms with E-state index in [0.29, 0.717) is 60.2 Å². The summed E-state index contributed by atoms with van der Waals surface area (Å²) in [4.78, 5) is 45.7. The van der Waals surface area contributed by atoms with Gasteiger partial charge in [-0.2, -0.15) is 4.98 Å². The normalized spacial score (nSPS) is 13.4. The Bertz CT molecular complexity index is 1380. The quantitative estimate of drug-likeness (QED) is 0.261. The number of hydrogen-bond acceptors (Lipinski definition) is 8. The molecule has 0 bridgehead atoms. The maximum absolute atomic E-state index is 12.7. The van der Waals surface area contributed by atoms with Gasteiger partial charge < -0.3 is 36.0 Å². The molecule has 0 aliphatic carbocycles. The van der Waals surface area contributed by atoms with E-state index in [2.05, 4.69) is 31.2 Å². The predicted octanol–water partition coefficient (Wildman–Crippen LogP) is 4.91. The van der Waals surface area contributed by atoms with Gasteiger partial charge in [-0.25, -0.2) is 9.78 Å². The van der Waals surface area contributed by atoms with Crippen molar-refractivity contribution in [2.75, 3.05) is 41.5 Å². The minimum Gasteiger partial charge on any atom is -0.494 e. The molecular formula is C26H28ClN7O5. The molecule has 1 aliphatic heterocycles. The number of halogens is 1. The van der Waals surface area contributed by atoms with E-state index in [1.807, 2.05) is 6.07 Å². The van der Waals surface area contributed by atoms with Crippen molar-refractivity contribution in [3.8, 4) is 5.75 Å². The van der Waals surface area contributed by atoms with E-state index in [1.54, 1.807) is 41.3 Å². The molecule has 3 amide bonds. The summed E-state index contributed by atoms with van der Waals surface area (Å²) in [5.41, 5.74) is 2.23. The third-order valence-corrected chi connectivity index (χ3v) is 6.34. The molecule has 204 valence electrons. The number of rotatable bonds is 8. The number of carboxylic acid groups (broad SMARTS) is 1. The molecule has 0 saturated carbocycles. The van der Waals surface area contributed by atoms with Gasteiger partial charge in [0.1, 0.15) is 10.8 Å². The molecule has 1 fully saturated rings. The number of ether oxygens (including phenoxy) is 1. The third-order valence-electron chi connectivity index (χ3n) is 6.07. The minimum atomic E-state index is -0.828. The van der Waals surface area contributed by atoms with E-state index in [0.717, 1.165) is 0 Å². The molecule has 0 spiro atoms. The highest BCUT2D eigenvalue weighted by atomic mass is 35.5. The molecule has 2 heterocycles. The van der Waals surface area contributed by atoms with Gasteiger partial charge >= 0.3 is 12.0 Å². The van der Waals surface area contributed by atoms with Gasteiger partial charge in [0.2, 0.25) is 11.9 Å². The minimum absolute atomic E-state index is 0.213. The molecule has 0 atom stereocenters. The van der Waals surface area contributed by atoms with Gasteiger partial charge in [-0.05, 0) is 37.1 Å². The molecule has 0 radical (unpaired) electrons. The number of anilines is 6. The lowest BCUT2D eigenvalue weighted by Crippen LogP contribution is -2.42. The lowest BCUT2D eigenvalue weighted by Gasteiger charge is -2.30. The number of aromatic nitrogens is 2. The topological polar surface area (TPSA) is 158 Å². The zero-order valence-electron chi connectivity index (χ0n) is 21.3. The van der Waals surface area contributed by atoms with Crippen molar-refractivity contribution < 1.29 is 24.2 Å². The second-order valence-electron chi connectivity index (χ2n) is 8.81. The summed E-state index contributed by atoms with van der Waals surface area (Å²) in [7, 11) is 1.50. The molecule has 2 aromatic carbocycles. The van der Waals surface area contributed by atoms with Crippen molar-refractivity contribution in [3.05, 3.63) is 53.7 Å². The molecule has 39 heavy (non-hydrogen) atoms. The van der Waals surface area contributed by atoms with Crippen LogP contribution in [0.5, 0.6) is 5.75 Å². The van der Waals surface area contributed by atoms with Crippen LogP contribution < -0.4 is 26.0 Å². The smallest absolute Gasteiger partial charge is 0.321 e. The van der Waals surface area contributed by atoms with E-state index in [-0.39, 0.29) is 22.9 Å². The van der Waals surface area contributed by atoms with Crippen LogP contribution in [0.25, 0.3) is 0 Å². The largest absolute Gasteiger partial charge is 0.494 e. The van der Waals surface area contributed by atoms with Gasteiger partial charge in [-0.15, -0.1) is 0 Å². The molecule has 4 rings (SSSR count). The second kappa shape index (κ2) is 12.3. The molecule has 0 unspecified atom stereocenters. The monoisotopic (exact) mass is 553 g/mol. The highest BCUT2D eigenvalue weighted by molar-refractivity contribution is 6.33. The zero-order chi connectivity index (χ0) is 27.9. The number of nitrogens with one attached hydrogen (secondary N) is 4. The highest BCUT2D eigenvalue weighted by Gasteiger charge is 2.27. The Balaban J connectivity index is 1.45. The number of methoxy groups -OCH3 is 1. The number of amides is 3. The van der Waals surface area contributed by atoms with Crippen molar-refractivity contribution in [1.82, 2.24) is 14.9 Å². The first-order valence-electron chi connectivity index (χ1n) is 12.1. The highest BCUT2D eigenvalue weighted by Crippen LogP contribution is 2.32. The molecule has 1 aromatic heterocycles. The second-order valence-corrected chi connectivity index (χ2v) is 9.22. The molecule has 12 nitrogen and oxygen atoms in total. The predicted molar refractivity (Wildman–Crippen MR) is 148 cm³/mol. The molecule has 5 N–H and O–H groups in total. The first kappa shape index (κ1) is 27.5. The lowest BCUT2D eigenvalue weighted by atomic mass is 9.97. The molecule has 3 aromatic rings. The number of piperidine rings is 1. The van der Waals surface area contributed by atoms with Gasteiger partial charge in [0, 0.05) is 31.8 Å². The van der Waals surface area contributed by atoms with Crippen LogP contribution in [-0.4, -0.2) is 58.1 Å². The maximum atomic E-state index is 12.7. The summed E-state index contributed by atoms with van der Waals surface area (Å²) in [6, 6.07) is 11.9. The van der Waals surface area contributed by atoms with Crippen molar-refractivity contribution >= 4 is 64.0 Å². The Morgan fingerprint density at radius 1 is 1.03 bits per heavy atom. The van der Waals surface area contributed by atoms with Crippen molar-refractivity contribution in [2.24, 2.45) is 5.92 Å². The first-order valence-corrected chi connectivity index (χ1v) is 12.5. The fourth-order valence-electron chi connectivity index (χ4n) is 4.06. The van der Waals surface area contributed by atoms with Crippen molar-refractivity contribution in [3.63, 3.8) is 0 Å². The Morgan fingerprint density at radius 2 is 1.74 bits per heavy atom. The van der Waals surface area contributed by atoms with Gasteiger partial charge in [-0.1, -0.05) is 23.7 Å². The number of carboxylic acids is 1. The van der Waals surface area contributed by atoms with Crippen LogP contribution in [-0.2, 0) is 9.59 Å². The molecule has 1 saturated heterocycles. The van der Waals surface area contributed by atoms with E-state index < -0.39 is 11.9 Å². The Hall–Kier alpha value is -4.58. The average molecular weight is 554 g/mol. The number of carbonyl (C=O) groups is 3. The number of likely N-dealkylation sites (tertiary alicyclic amines) is 1. The van der Waals surface area contributed by atoms with E-state index in [4.69, 9.17) is 21.4 Å². The van der Waals surface area contributed by atoms with Crippen molar-refractivity contribution in [1.29, 1.82) is 0 Å². The van der Waals surface area contributed by atoms with Gasteiger partial charge in [0.05, 0.1) is 36.3 Å². The van der Waals surface area contributed by atoms with E-state index in [9.17, 15) is 14.4 Å². The van der Waals surface area contributed by atoms with Gasteiger partial charge in [-0.3, -0.25) is 9.59 Å². The number of nitrogens with zero attached hydrogens (tertiary/aromatic N) is 3. The number of para-hydroxylation sites is 2. The summed E-state index contributed by atoms with van der Waals surface area (Å²) in [6.45, 7) is 2.17. The maximum Gasteiger partial charge on any atom is 0.321 e. The van der Waals surface area contributed by atoms with Crippen LogP contribution in [0.15, 0.2) is 48.7 Å². The molecular weight excluding hydrogens is 526 g/mol. The number of urea groups is 1. The number of benzene rings is 2. The third kappa shape index (κ3) is 7.05. The first-order chi connectivity index (χ1) is 18.7. The Kier molecular flexibility index (Phi) is 8.67. The van der Waals surface area contributed by atoms with Crippen LogP contribution in [0.1, 0.15) is 19.8 Å². The van der Waals surface area contributed by atoms with Crippen LogP contribution >= 0.6 is 11.6 Å². The summed E-state index contributed by atoms with van der Waals surface area (Å²) in [6.07, 6.45) is 2.28. The summed E-state index contributed by atoms with van der Waals surface area (Å²) < 4.78 is 5.50. The number of hydrogen-bond donors (Lipinski definition) is 5. The van der Waals surface area contributed by atoms with Crippen LogP contribution in [0.2, 0.25) is 5.02 Å². The standard InChI is InChI=1S/C26H28ClN7O5/c1-15(35)29-19-5-3-4-6-20(19)31-23-18(27)14-28-25(33-23)32-21-8-7-17(13-22(21)39-2)30-26(38)34-11-9-16(10-12-34)24(36)37/h3-8,13-14,16H,9-12H2,1-2H3,(H,29,35)(H,30,38)(H,36,37)(H2,28,31,32,33). The van der Waals surface area contributed by atoms with Crippen LogP contribution in [0.4, 0.5) is 39.3 Å². The fraction of sp³-hybridized carbons (Fsp3) is 0.269. The van der Waals surface area contributed by atoms with E-state index >= 15 is 0 Å². The summed E-state index contributed by atoms with van der Waals surface area (Å²) >= 11 is 6.32. The summed E-state index contributed by atoms with van der Waals surface area (Å²) in [5, 5.41) is 21.2. The van der Waals surface area contributed by atoms with Crippen LogP contribution in [0, 0.1) is 5.92 Å². The lowest BCUT2D eigenvalue weighted by molar-refractivity contribution is -0.143. The van der Waals surface area contributed by atoms with Gasteiger partial charge in [0.25, 0.3) is 0 Å². The number of aliphatic carboxylic acids is 1. The number of carbonyl (C=O) groups excluding carboxylic acids is 2. The molecule has 13 heteroatoms. The van der Waals surface area contributed by atoms with Gasteiger partial charge in [0.15, 0.2) is 5.82 Å². The Labute approximate surface area is 229 Å². The van der Waals surface area contributed by atoms with Crippen molar-refractivity contribution in [2.45, 2.75) is 19.8 Å². The Morgan fingerprint density at radius 3 is 2.41 bits per heavy atom. The summed E-state index contributed by atoms with van der Waals surface area (Å²) in [5.74, 6) is -0.476. The SMILES string of the molecule is COc1cc(NC(=O)N2CCC(C(=O)O)CC2)ccc1Nc1ncc(Cl)c(Nc2ccccc2NC(C)=O)n1. The average Bonchev–Trinajstić information content (AvgIpc) is 2.92. The van der Waals surface area contributed by atoms with Crippen LogP contribution in [0.3, 0.4) is 0 Å². The molecule has 1 aliphatic rings. The zero-order valence-corrected chi connectivity index (χ0v) is 22.1. The van der Waals surface area contributed by atoms with E-state index in [1.165, 1.54) is 20.2 Å². The fourth-order valence-corrected chi connectivity index (χ4v) is 4.20.